The highest BCUT2D eigenvalue weighted by atomic mass is 19.4. The van der Waals surface area contributed by atoms with Gasteiger partial charge in [0.2, 0.25) is 0 Å². The zero-order chi connectivity index (χ0) is 20.8. The molecule has 2 aromatic rings. The number of benzene rings is 1. The van der Waals surface area contributed by atoms with Gasteiger partial charge in [-0.25, -0.2) is 0 Å². The zero-order valence-electron chi connectivity index (χ0n) is 15.6. The van der Waals surface area contributed by atoms with Crippen molar-refractivity contribution in [3.8, 4) is 0 Å². The summed E-state index contributed by atoms with van der Waals surface area (Å²) in [5.41, 5.74) is -0.297. The lowest BCUT2D eigenvalue weighted by atomic mass is 9.92. The Morgan fingerprint density at radius 2 is 1.90 bits per heavy atom. The summed E-state index contributed by atoms with van der Waals surface area (Å²) in [7, 11) is 0. The first-order valence-corrected chi connectivity index (χ1v) is 9.68. The summed E-state index contributed by atoms with van der Waals surface area (Å²) < 4.78 is 40.4. The van der Waals surface area contributed by atoms with E-state index < -0.39 is 35.4 Å². The van der Waals surface area contributed by atoms with Crippen LogP contribution in [0.3, 0.4) is 0 Å². The number of carbonyl (C=O) groups is 1. The number of hydrogen-bond donors (Lipinski definition) is 2. The number of aliphatic hydroxyl groups is 1. The molecule has 29 heavy (non-hydrogen) atoms. The Hall–Kier alpha value is -2.61. The van der Waals surface area contributed by atoms with Gasteiger partial charge in [-0.05, 0) is 49.8 Å². The Bertz CT molecular complexity index is 999. The van der Waals surface area contributed by atoms with Gasteiger partial charge in [0.25, 0.3) is 11.5 Å². The predicted octanol–water partition coefficient (Wildman–Crippen LogP) is 3.74. The third-order valence-electron chi connectivity index (χ3n) is 5.79. The number of pyridine rings is 1. The lowest BCUT2D eigenvalue weighted by molar-refractivity contribution is -0.138. The van der Waals surface area contributed by atoms with Gasteiger partial charge >= 0.3 is 6.18 Å². The SMILES string of the molecule is O=C(c1cc2c([nH]c1=O)CCCC2O)N1CCCC1c1ccccc1C(F)(F)F. The quantitative estimate of drug-likeness (QED) is 0.798. The van der Waals surface area contributed by atoms with Crippen LogP contribution in [0.1, 0.15) is 70.6 Å². The van der Waals surface area contributed by atoms with Crippen molar-refractivity contribution in [1.82, 2.24) is 9.88 Å². The van der Waals surface area contributed by atoms with Crippen LogP contribution in [0, 0.1) is 0 Å². The van der Waals surface area contributed by atoms with Gasteiger partial charge in [-0.3, -0.25) is 9.59 Å². The summed E-state index contributed by atoms with van der Waals surface area (Å²) in [6.07, 6.45) is -2.46. The number of alkyl halides is 3. The minimum atomic E-state index is -4.53. The van der Waals surface area contributed by atoms with Crippen LogP contribution in [0.2, 0.25) is 0 Å². The fraction of sp³-hybridized carbons (Fsp3) is 0.429. The van der Waals surface area contributed by atoms with E-state index in [-0.39, 0.29) is 17.7 Å². The maximum Gasteiger partial charge on any atom is 0.416 e. The van der Waals surface area contributed by atoms with Crippen LogP contribution in [0.15, 0.2) is 35.1 Å². The number of aliphatic hydroxyl groups excluding tert-OH is 1. The van der Waals surface area contributed by atoms with E-state index in [2.05, 4.69) is 4.98 Å². The molecule has 1 saturated heterocycles. The minimum absolute atomic E-state index is 0.0419. The van der Waals surface area contributed by atoms with Crippen LogP contribution in [-0.4, -0.2) is 27.4 Å². The topological polar surface area (TPSA) is 73.4 Å². The Kier molecular flexibility index (Phi) is 4.98. The first kappa shape index (κ1) is 19.7. The van der Waals surface area contributed by atoms with Gasteiger partial charge in [-0.2, -0.15) is 13.2 Å². The van der Waals surface area contributed by atoms with Gasteiger partial charge in [0.1, 0.15) is 5.56 Å². The van der Waals surface area contributed by atoms with Crippen molar-refractivity contribution >= 4 is 5.91 Å². The van der Waals surface area contributed by atoms with Gasteiger partial charge in [-0.1, -0.05) is 18.2 Å². The van der Waals surface area contributed by atoms with E-state index in [1.165, 1.54) is 29.2 Å². The number of H-pyrrole nitrogens is 1. The third-order valence-corrected chi connectivity index (χ3v) is 5.79. The fourth-order valence-corrected chi connectivity index (χ4v) is 4.41. The van der Waals surface area contributed by atoms with Gasteiger partial charge in [0, 0.05) is 17.8 Å². The lowest BCUT2D eigenvalue weighted by Crippen LogP contribution is -2.36. The monoisotopic (exact) mass is 406 g/mol. The number of amides is 1. The maximum absolute atomic E-state index is 13.5. The summed E-state index contributed by atoms with van der Waals surface area (Å²) in [4.78, 5) is 29.7. The molecule has 1 aromatic carbocycles. The fourth-order valence-electron chi connectivity index (χ4n) is 4.41. The normalized spacial score (nSPS) is 21.9. The van der Waals surface area contributed by atoms with Gasteiger partial charge < -0.3 is 15.0 Å². The number of carbonyl (C=O) groups excluding carboxylic acids is 1. The van der Waals surface area contributed by atoms with Crippen LogP contribution >= 0.6 is 0 Å². The standard InChI is InChI=1S/C21H21F3N2O3/c22-21(23,24)15-6-2-1-5-12(15)17-8-4-10-26(17)20(29)14-11-13-16(25-19(14)28)7-3-9-18(13)27/h1-2,5-6,11,17-18,27H,3-4,7-10H2,(H,25,28). The molecule has 0 radical (unpaired) electrons. The van der Waals surface area contributed by atoms with Crippen molar-refractivity contribution in [2.24, 2.45) is 0 Å². The van der Waals surface area contributed by atoms with Crippen molar-refractivity contribution in [2.75, 3.05) is 6.54 Å². The maximum atomic E-state index is 13.5. The number of fused-ring (bicyclic) bond motifs is 1. The highest BCUT2D eigenvalue weighted by molar-refractivity contribution is 5.94. The van der Waals surface area contributed by atoms with E-state index in [1.807, 2.05) is 0 Å². The molecule has 0 spiro atoms. The first-order chi connectivity index (χ1) is 13.8. The summed E-state index contributed by atoms with van der Waals surface area (Å²) in [5, 5.41) is 10.2. The van der Waals surface area contributed by atoms with Crippen LogP contribution in [0.5, 0.6) is 0 Å². The van der Waals surface area contributed by atoms with E-state index in [4.69, 9.17) is 0 Å². The number of likely N-dealkylation sites (tertiary alicyclic amines) is 1. The summed E-state index contributed by atoms with van der Waals surface area (Å²) in [5.74, 6) is -0.605. The molecule has 1 aromatic heterocycles. The highest BCUT2D eigenvalue weighted by Gasteiger charge is 2.39. The molecule has 5 nitrogen and oxygen atoms in total. The predicted molar refractivity (Wildman–Crippen MR) is 99.4 cm³/mol. The van der Waals surface area contributed by atoms with E-state index in [1.54, 1.807) is 0 Å². The number of nitrogens with one attached hydrogen (secondary N) is 1. The molecule has 4 rings (SSSR count). The number of rotatable bonds is 2. The van der Waals surface area contributed by atoms with Gasteiger partial charge in [0.05, 0.1) is 17.7 Å². The number of aryl methyl sites for hydroxylation is 1. The molecule has 2 aliphatic rings. The first-order valence-electron chi connectivity index (χ1n) is 9.68. The smallest absolute Gasteiger partial charge is 0.388 e. The summed E-state index contributed by atoms with van der Waals surface area (Å²) in [6.45, 7) is 0.273. The molecule has 2 atom stereocenters. The number of halogens is 3. The molecule has 0 saturated carbocycles. The molecule has 2 N–H and O–H groups in total. The van der Waals surface area contributed by atoms with E-state index in [0.717, 1.165) is 12.5 Å². The minimum Gasteiger partial charge on any atom is -0.388 e. The van der Waals surface area contributed by atoms with Crippen molar-refractivity contribution in [3.05, 3.63) is 68.6 Å². The Morgan fingerprint density at radius 1 is 1.14 bits per heavy atom. The molecular formula is C21H21F3N2O3. The van der Waals surface area contributed by atoms with E-state index in [9.17, 15) is 27.9 Å². The second-order valence-corrected chi connectivity index (χ2v) is 7.60. The summed E-state index contributed by atoms with van der Waals surface area (Å²) in [6, 6.07) is 5.90. The van der Waals surface area contributed by atoms with E-state index in [0.29, 0.717) is 36.9 Å². The van der Waals surface area contributed by atoms with Crippen LogP contribution in [0.25, 0.3) is 0 Å². The molecule has 154 valence electrons. The van der Waals surface area contributed by atoms with Crippen LogP contribution in [-0.2, 0) is 12.6 Å². The van der Waals surface area contributed by atoms with Crippen molar-refractivity contribution < 1.29 is 23.1 Å². The zero-order valence-corrected chi connectivity index (χ0v) is 15.6. The van der Waals surface area contributed by atoms with Crippen molar-refractivity contribution in [1.29, 1.82) is 0 Å². The molecule has 0 bridgehead atoms. The molecule has 1 aliphatic heterocycles. The van der Waals surface area contributed by atoms with Crippen LogP contribution < -0.4 is 5.56 Å². The number of hydrogen-bond acceptors (Lipinski definition) is 3. The second-order valence-electron chi connectivity index (χ2n) is 7.60. The number of aromatic amines is 1. The molecule has 2 unspecified atom stereocenters. The van der Waals surface area contributed by atoms with Crippen molar-refractivity contribution in [3.63, 3.8) is 0 Å². The lowest BCUT2D eigenvalue weighted by Gasteiger charge is -2.28. The highest BCUT2D eigenvalue weighted by Crippen LogP contribution is 2.40. The Morgan fingerprint density at radius 3 is 2.66 bits per heavy atom. The van der Waals surface area contributed by atoms with Crippen LogP contribution in [0.4, 0.5) is 13.2 Å². The number of nitrogens with zero attached hydrogens (tertiary/aromatic N) is 1. The van der Waals surface area contributed by atoms with Crippen molar-refractivity contribution in [2.45, 2.75) is 50.4 Å². The second kappa shape index (κ2) is 7.33. The molecule has 1 amide bonds. The Labute approximate surface area is 165 Å². The molecule has 1 aliphatic carbocycles. The molecule has 2 heterocycles. The number of aromatic nitrogens is 1. The average molecular weight is 406 g/mol. The Balaban J connectivity index is 1.72. The summed E-state index contributed by atoms with van der Waals surface area (Å²) >= 11 is 0. The largest absolute Gasteiger partial charge is 0.416 e. The van der Waals surface area contributed by atoms with Gasteiger partial charge in [0.15, 0.2) is 0 Å². The average Bonchev–Trinajstić information content (AvgIpc) is 3.16. The molecule has 8 heteroatoms. The molecule has 1 fully saturated rings. The molecular weight excluding hydrogens is 385 g/mol. The van der Waals surface area contributed by atoms with Gasteiger partial charge in [-0.15, -0.1) is 0 Å². The van der Waals surface area contributed by atoms with E-state index >= 15 is 0 Å². The third kappa shape index (κ3) is 3.57.